The van der Waals surface area contributed by atoms with Gasteiger partial charge in [0.15, 0.2) is 0 Å². The fourth-order valence-electron chi connectivity index (χ4n) is 5.15. The van der Waals surface area contributed by atoms with Crippen molar-refractivity contribution in [2.45, 2.75) is 6.42 Å². The first-order chi connectivity index (χ1) is 11.6. The lowest BCUT2D eigenvalue weighted by atomic mass is 9.63. The Kier molecular flexibility index (Phi) is 2.65. The van der Waals surface area contributed by atoms with Crippen molar-refractivity contribution in [1.82, 2.24) is 0 Å². The number of imide groups is 1. The monoisotopic (exact) mass is 323 g/mol. The quantitative estimate of drug-likeness (QED) is 0.475. The number of carbonyl (C=O) groups is 3. The third kappa shape index (κ3) is 1.57. The van der Waals surface area contributed by atoms with Gasteiger partial charge >= 0.3 is 5.97 Å². The molecule has 0 spiro atoms. The number of rotatable bonds is 2. The summed E-state index contributed by atoms with van der Waals surface area (Å²) < 4.78 is 4.80. The van der Waals surface area contributed by atoms with Crippen LogP contribution < -0.4 is 4.90 Å². The number of esters is 1. The van der Waals surface area contributed by atoms with Crippen molar-refractivity contribution in [2.24, 2.45) is 35.5 Å². The van der Waals surface area contributed by atoms with Crippen LogP contribution in [0.3, 0.4) is 0 Å². The average molecular weight is 323 g/mol. The Bertz CT molecular complexity index is 777. The van der Waals surface area contributed by atoms with Gasteiger partial charge in [0.05, 0.1) is 30.2 Å². The van der Waals surface area contributed by atoms with Crippen molar-refractivity contribution < 1.29 is 19.1 Å². The molecule has 2 bridgehead atoms. The number of methoxy groups -OCH3 is 1. The zero-order valence-corrected chi connectivity index (χ0v) is 13.2. The van der Waals surface area contributed by atoms with E-state index in [0.717, 1.165) is 6.42 Å². The molecule has 5 heteroatoms. The van der Waals surface area contributed by atoms with Crippen molar-refractivity contribution in [1.29, 1.82) is 0 Å². The van der Waals surface area contributed by atoms with E-state index in [0.29, 0.717) is 17.5 Å². The Morgan fingerprint density at radius 3 is 2.21 bits per heavy atom. The summed E-state index contributed by atoms with van der Waals surface area (Å²) in [7, 11) is 1.30. The summed E-state index contributed by atoms with van der Waals surface area (Å²) in [4.78, 5) is 39.4. The molecule has 6 rings (SSSR count). The van der Waals surface area contributed by atoms with Crippen LogP contribution in [0.1, 0.15) is 16.8 Å². The van der Waals surface area contributed by atoms with Gasteiger partial charge in [0.2, 0.25) is 11.8 Å². The van der Waals surface area contributed by atoms with Crippen LogP contribution in [-0.2, 0) is 14.3 Å². The molecule has 0 aromatic heterocycles. The second-order valence-corrected chi connectivity index (χ2v) is 7.18. The Hall–Kier alpha value is -2.43. The van der Waals surface area contributed by atoms with Crippen LogP contribution in [0.4, 0.5) is 5.69 Å². The summed E-state index contributed by atoms with van der Waals surface area (Å²) in [5.41, 5.74) is 0.604. The zero-order valence-electron chi connectivity index (χ0n) is 13.2. The van der Waals surface area contributed by atoms with E-state index >= 15 is 0 Å². The molecule has 2 amide bonds. The minimum atomic E-state index is -0.537. The van der Waals surface area contributed by atoms with Gasteiger partial charge in [-0.25, -0.2) is 9.69 Å². The van der Waals surface area contributed by atoms with Gasteiger partial charge in [-0.15, -0.1) is 0 Å². The smallest absolute Gasteiger partial charge is 0.339 e. The highest BCUT2D eigenvalue weighted by atomic mass is 16.5. The first-order valence-electron chi connectivity index (χ1n) is 8.37. The Labute approximate surface area is 139 Å². The van der Waals surface area contributed by atoms with Crippen molar-refractivity contribution in [2.75, 3.05) is 12.0 Å². The highest BCUT2D eigenvalue weighted by Crippen LogP contribution is 2.65. The number of nitrogens with zero attached hydrogens (tertiary/aromatic N) is 1. The minimum Gasteiger partial charge on any atom is -0.465 e. The number of benzene rings is 1. The maximum Gasteiger partial charge on any atom is 0.339 e. The van der Waals surface area contributed by atoms with Gasteiger partial charge in [0.25, 0.3) is 0 Å². The molecule has 5 aliphatic rings. The predicted octanol–water partition coefficient (Wildman–Crippen LogP) is 2.03. The van der Waals surface area contributed by atoms with Crippen LogP contribution in [0.2, 0.25) is 0 Å². The molecule has 1 aromatic rings. The maximum absolute atomic E-state index is 13.1. The van der Waals surface area contributed by atoms with Crippen LogP contribution in [-0.4, -0.2) is 24.9 Å². The molecule has 6 atom stereocenters. The van der Waals surface area contributed by atoms with E-state index in [9.17, 15) is 14.4 Å². The molecule has 3 fully saturated rings. The number of hydrogen-bond donors (Lipinski definition) is 0. The highest BCUT2D eigenvalue weighted by Gasteiger charge is 2.67. The number of anilines is 1. The van der Waals surface area contributed by atoms with Crippen LogP contribution in [0.25, 0.3) is 0 Å². The van der Waals surface area contributed by atoms with E-state index in [2.05, 4.69) is 12.2 Å². The standard InChI is InChI=1S/C19H17NO4/c1-24-19(23)11-4-2-3-5-14(11)20-17(21)15-9-6-7-10(13-8-12(9)13)16(15)18(20)22/h2-7,9-10,12-13,15-16H,8H2,1H3/t9-,10-,12-,13+,15+,16+/m0/s1. The topological polar surface area (TPSA) is 63.7 Å². The molecular formula is C19H17NO4. The van der Waals surface area contributed by atoms with Crippen LogP contribution in [0.15, 0.2) is 36.4 Å². The Balaban J connectivity index is 1.59. The maximum atomic E-state index is 13.1. The summed E-state index contributed by atoms with van der Waals surface area (Å²) in [5.74, 6) is 0.0992. The number of amides is 2. The van der Waals surface area contributed by atoms with Crippen LogP contribution >= 0.6 is 0 Å². The number of carbonyl (C=O) groups excluding carboxylic acids is 3. The first kappa shape index (κ1) is 14.0. The molecule has 1 aliphatic heterocycles. The lowest BCUT2D eigenvalue weighted by Crippen LogP contribution is -2.40. The normalized spacial score (nSPS) is 38.1. The predicted molar refractivity (Wildman–Crippen MR) is 85.0 cm³/mol. The molecule has 0 unspecified atom stereocenters. The number of allylic oxidation sites excluding steroid dienone is 2. The van der Waals surface area contributed by atoms with E-state index in [1.54, 1.807) is 24.3 Å². The zero-order chi connectivity index (χ0) is 16.6. The van der Waals surface area contributed by atoms with Gasteiger partial charge in [-0.05, 0) is 42.2 Å². The fourth-order valence-corrected chi connectivity index (χ4v) is 5.15. The highest BCUT2D eigenvalue weighted by molar-refractivity contribution is 6.24. The molecule has 1 heterocycles. The fraction of sp³-hybridized carbons (Fsp3) is 0.421. The average Bonchev–Trinajstić information content (AvgIpc) is 3.39. The summed E-state index contributed by atoms with van der Waals surface area (Å²) in [6.45, 7) is 0. The van der Waals surface area contributed by atoms with Gasteiger partial charge in [-0.3, -0.25) is 9.59 Å². The molecule has 0 radical (unpaired) electrons. The SMILES string of the molecule is COC(=O)c1ccccc1N1C(=O)[C@@H]2[C@H]3C=C[C@@H]([C@@H]4C[C@H]34)[C@H]2C1=O. The van der Waals surface area contributed by atoms with E-state index in [1.165, 1.54) is 12.0 Å². The van der Waals surface area contributed by atoms with E-state index in [4.69, 9.17) is 4.74 Å². The molecule has 0 N–H and O–H groups in total. The van der Waals surface area contributed by atoms with E-state index in [1.807, 2.05) is 0 Å². The first-order valence-corrected chi connectivity index (χ1v) is 8.37. The second-order valence-electron chi connectivity index (χ2n) is 7.18. The Morgan fingerprint density at radius 2 is 1.62 bits per heavy atom. The lowest BCUT2D eigenvalue weighted by Gasteiger charge is -2.37. The van der Waals surface area contributed by atoms with Crippen molar-refractivity contribution in [3.63, 3.8) is 0 Å². The second kappa shape index (κ2) is 4.56. The van der Waals surface area contributed by atoms with Crippen LogP contribution in [0.5, 0.6) is 0 Å². The Morgan fingerprint density at radius 1 is 1.04 bits per heavy atom. The molecular weight excluding hydrogens is 306 g/mol. The third-order valence-electron chi connectivity index (χ3n) is 6.21. The molecule has 122 valence electrons. The number of ether oxygens (including phenoxy) is 1. The van der Waals surface area contributed by atoms with Crippen molar-refractivity contribution >= 4 is 23.5 Å². The van der Waals surface area contributed by atoms with E-state index in [-0.39, 0.29) is 41.0 Å². The van der Waals surface area contributed by atoms with Crippen LogP contribution in [0, 0.1) is 35.5 Å². The number of para-hydroxylation sites is 1. The summed E-state index contributed by atoms with van der Waals surface area (Å²) >= 11 is 0. The van der Waals surface area contributed by atoms with Gasteiger partial charge in [0, 0.05) is 0 Å². The van der Waals surface area contributed by atoms with Gasteiger partial charge in [0.1, 0.15) is 0 Å². The molecule has 5 nitrogen and oxygen atoms in total. The molecule has 4 aliphatic carbocycles. The summed E-state index contributed by atoms with van der Waals surface area (Å²) in [6.07, 6.45) is 5.41. The summed E-state index contributed by atoms with van der Waals surface area (Å²) in [5, 5.41) is 0. The largest absolute Gasteiger partial charge is 0.465 e. The van der Waals surface area contributed by atoms with Crippen molar-refractivity contribution in [3.8, 4) is 0 Å². The van der Waals surface area contributed by atoms with Crippen molar-refractivity contribution in [3.05, 3.63) is 42.0 Å². The molecule has 24 heavy (non-hydrogen) atoms. The molecule has 1 aromatic carbocycles. The lowest BCUT2D eigenvalue weighted by molar-refractivity contribution is -0.124. The minimum absolute atomic E-state index is 0.161. The van der Waals surface area contributed by atoms with Gasteiger partial charge in [-0.1, -0.05) is 24.3 Å². The van der Waals surface area contributed by atoms with Gasteiger partial charge < -0.3 is 4.74 Å². The number of hydrogen-bond acceptors (Lipinski definition) is 4. The van der Waals surface area contributed by atoms with E-state index < -0.39 is 5.97 Å². The summed E-state index contributed by atoms with van der Waals surface area (Å²) in [6, 6.07) is 6.67. The molecule has 1 saturated heterocycles. The van der Waals surface area contributed by atoms with Gasteiger partial charge in [-0.2, -0.15) is 0 Å². The molecule has 2 saturated carbocycles. The third-order valence-corrected chi connectivity index (χ3v) is 6.21.